The van der Waals surface area contributed by atoms with E-state index in [9.17, 15) is 9.90 Å². The molecular weight excluding hydrogens is 292 g/mol. The molecule has 0 aromatic heterocycles. The molecule has 23 heavy (non-hydrogen) atoms. The van der Waals surface area contributed by atoms with Gasteiger partial charge in [0.25, 0.3) is 0 Å². The average Bonchev–Trinajstić information content (AvgIpc) is 2.56. The molecule has 0 bridgehead atoms. The molecular formula is C18H28N2O3. The summed E-state index contributed by atoms with van der Waals surface area (Å²) in [5.41, 5.74) is 1.19. The fourth-order valence-electron chi connectivity index (χ4n) is 2.92. The van der Waals surface area contributed by atoms with Gasteiger partial charge in [0.05, 0.1) is 0 Å². The van der Waals surface area contributed by atoms with Crippen LogP contribution in [-0.2, 0) is 4.79 Å². The van der Waals surface area contributed by atoms with E-state index in [4.69, 9.17) is 4.74 Å². The topological polar surface area (TPSA) is 61.8 Å². The number of carbonyl (C=O) groups excluding carboxylic acids is 1. The summed E-state index contributed by atoms with van der Waals surface area (Å²) < 4.78 is 5.62. The molecule has 1 amide bonds. The van der Waals surface area contributed by atoms with Crippen LogP contribution in [0.3, 0.4) is 0 Å². The van der Waals surface area contributed by atoms with E-state index >= 15 is 0 Å². The molecule has 0 aliphatic carbocycles. The van der Waals surface area contributed by atoms with E-state index in [-0.39, 0.29) is 5.91 Å². The van der Waals surface area contributed by atoms with Gasteiger partial charge in [0, 0.05) is 20.0 Å². The molecule has 1 atom stereocenters. The van der Waals surface area contributed by atoms with Gasteiger partial charge in [0.15, 0.2) is 0 Å². The van der Waals surface area contributed by atoms with Crippen molar-refractivity contribution in [1.29, 1.82) is 0 Å². The normalized spacial score (nSPS) is 17.7. The minimum Gasteiger partial charge on any atom is -0.491 e. The number of aliphatic hydroxyl groups is 1. The number of likely N-dealkylation sites (tertiary alicyclic amines) is 1. The fraction of sp³-hybridized carbons (Fsp3) is 0.611. The van der Waals surface area contributed by atoms with Gasteiger partial charge in [0.2, 0.25) is 5.91 Å². The molecule has 2 rings (SSSR count). The highest BCUT2D eigenvalue weighted by atomic mass is 16.5. The average molecular weight is 320 g/mol. The van der Waals surface area contributed by atoms with Crippen molar-refractivity contribution < 1.29 is 14.6 Å². The second-order valence-electron chi connectivity index (χ2n) is 6.40. The van der Waals surface area contributed by atoms with Crippen LogP contribution in [0, 0.1) is 12.8 Å². The molecule has 1 fully saturated rings. The van der Waals surface area contributed by atoms with E-state index in [1.807, 2.05) is 31.2 Å². The lowest BCUT2D eigenvalue weighted by Crippen LogP contribution is -2.41. The molecule has 1 aliphatic rings. The van der Waals surface area contributed by atoms with Gasteiger partial charge in [-0.15, -0.1) is 0 Å². The summed E-state index contributed by atoms with van der Waals surface area (Å²) in [7, 11) is 1.68. The second-order valence-corrected chi connectivity index (χ2v) is 6.40. The third kappa shape index (κ3) is 6.20. The van der Waals surface area contributed by atoms with E-state index in [0.29, 0.717) is 25.5 Å². The predicted octanol–water partition coefficient (Wildman–Crippen LogP) is 1.58. The number of ether oxygens (including phenoxy) is 1. The summed E-state index contributed by atoms with van der Waals surface area (Å²) >= 11 is 0. The Labute approximate surface area is 138 Å². The van der Waals surface area contributed by atoms with Crippen LogP contribution in [0.1, 0.15) is 24.8 Å². The molecule has 5 nitrogen and oxygen atoms in total. The number of aliphatic hydroxyl groups excluding tert-OH is 1. The summed E-state index contributed by atoms with van der Waals surface area (Å²) in [6.45, 7) is 4.83. The molecule has 1 aromatic carbocycles. The Bertz CT molecular complexity index is 482. The quantitative estimate of drug-likeness (QED) is 0.801. The van der Waals surface area contributed by atoms with E-state index in [1.165, 1.54) is 5.56 Å². The smallest absolute Gasteiger partial charge is 0.220 e. The van der Waals surface area contributed by atoms with Crippen molar-refractivity contribution in [2.24, 2.45) is 5.92 Å². The first-order chi connectivity index (χ1) is 11.1. The minimum atomic E-state index is -0.494. The van der Waals surface area contributed by atoms with Crippen LogP contribution < -0.4 is 10.1 Å². The van der Waals surface area contributed by atoms with Crippen molar-refractivity contribution in [2.45, 2.75) is 32.3 Å². The zero-order valence-electron chi connectivity index (χ0n) is 14.1. The molecule has 1 aromatic rings. The lowest BCUT2D eigenvalue weighted by molar-refractivity contribution is -0.121. The van der Waals surface area contributed by atoms with Gasteiger partial charge < -0.3 is 20.1 Å². The van der Waals surface area contributed by atoms with Crippen LogP contribution >= 0.6 is 0 Å². The van der Waals surface area contributed by atoms with Gasteiger partial charge >= 0.3 is 0 Å². The number of hydrogen-bond acceptors (Lipinski definition) is 4. The summed E-state index contributed by atoms with van der Waals surface area (Å²) in [6, 6.07) is 7.84. The Morgan fingerprint density at radius 1 is 1.35 bits per heavy atom. The van der Waals surface area contributed by atoms with E-state index in [2.05, 4.69) is 10.2 Å². The van der Waals surface area contributed by atoms with Crippen molar-refractivity contribution in [2.75, 3.05) is 33.3 Å². The maximum absolute atomic E-state index is 11.4. The summed E-state index contributed by atoms with van der Waals surface area (Å²) in [4.78, 5) is 13.7. The maximum atomic E-state index is 11.4. The van der Waals surface area contributed by atoms with Crippen LogP contribution in [0.4, 0.5) is 0 Å². The predicted molar refractivity (Wildman–Crippen MR) is 90.5 cm³/mol. The Kier molecular flexibility index (Phi) is 6.86. The van der Waals surface area contributed by atoms with Crippen LogP contribution in [-0.4, -0.2) is 55.3 Å². The van der Waals surface area contributed by atoms with Crippen molar-refractivity contribution >= 4 is 5.91 Å². The minimum absolute atomic E-state index is 0.120. The van der Waals surface area contributed by atoms with Gasteiger partial charge in [0.1, 0.15) is 18.5 Å². The number of nitrogens with zero attached hydrogens (tertiary/aromatic N) is 1. The van der Waals surface area contributed by atoms with E-state index in [1.54, 1.807) is 7.05 Å². The van der Waals surface area contributed by atoms with Crippen LogP contribution in [0.25, 0.3) is 0 Å². The number of aryl methyl sites for hydroxylation is 1. The molecule has 1 saturated heterocycles. The molecule has 5 heteroatoms. The van der Waals surface area contributed by atoms with Gasteiger partial charge in [-0.2, -0.15) is 0 Å². The first-order valence-electron chi connectivity index (χ1n) is 8.37. The van der Waals surface area contributed by atoms with Gasteiger partial charge in [-0.3, -0.25) is 4.79 Å². The Morgan fingerprint density at radius 2 is 2.00 bits per heavy atom. The summed E-state index contributed by atoms with van der Waals surface area (Å²) in [6.07, 6.45) is 2.15. The largest absolute Gasteiger partial charge is 0.491 e. The number of carbonyl (C=O) groups is 1. The lowest BCUT2D eigenvalue weighted by Gasteiger charge is -2.32. The van der Waals surface area contributed by atoms with Crippen molar-refractivity contribution in [3.63, 3.8) is 0 Å². The zero-order valence-corrected chi connectivity index (χ0v) is 14.1. The summed E-state index contributed by atoms with van der Waals surface area (Å²) in [5.74, 6) is 1.38. The zero-order chi connectivity index (χ0) is 16.7. The molecule has 0 radical (unpaired) electrons. The maximum Gasteiger partial charge on any atom is 0.220 e. The first-order valence-corrected chi connectivity index (χ1v) is 8.37. The fourth-order valence-corrected chi connectivity index (χ4v) is 2.92. The molecule has 128 valence electrons. The summed E-state index contributed by atoms with van der Waals surface area (Å²) in [5, 5.41) is 12.8. The molecule has 1 heterocycles. The van der Waals surface area contributed by atoms with Crippen molar-refractivity contribution in [1.82, 2.24) is 10.2 Å². The molecule has 1 unspecified atom stereocenters. The van der Waals surface area contributed by atoms with Gasteiger partial charge in [-0.1, -0.05) is 17.7 Å². The van der Waals surface area contributed by atoms with E-state index < -0.39 is 6.10 Å². The van der Waals surface area contributed by atoms with Crippen LogP contribution in [0.2, 0.25) is 0 Å². The Morgan fingerprint density at radius 3 is 2.61 bits per heavy atom. The monoisotopic (exact) mass is 320 g/mol. The third-order valence-corrected chi connectivity index (χ3v) is 4.39. The first kappa shape index (κ1) is 17.8. The van der Waals surface area contributed by atoms with E-state index in [0.717, 1.165) is 31.7 Å². The number of hydrogen-bond donors (Lipinski definition) is 2. The van der Waals surface area contributed by atoms with Gasteiger partial charge in [-0.25, -0.2) is 0 Å². The SMILES string of the molecule is CNC(=O)CC1CCN(CC(O)COc2ccc(C)cc2)CC1. The molecule has 1 aliphatic heterocycles. The highest BCUT2D eigenvalue weighted by Gasteiger charge is 2.22. The number of nitrogens with one attached hydrogen (secondary N) is 1. The molecule has 0 spiro atoms. The van der Waals surface area contributed by atoms with Crippen LogP contribution in [0.15, 0.2) is 24.3 Å². The second kappa shape index (κ2) is 8.89. The number of rotatable bonds is 7. The molecule has 0 saturated carbocycles. The lowest BCUT2D eigenvalue weighted by atomic mass is 9.93. The van der Waals surface area contributed by atoms with Gasteiger partial charge in [-0.05, 0) is 50.9 Å². The number of benzene rings is 1. The highest BCUT2D eigenvalue weighted by Crippen LogP contribution is 2.20. The Hall–Kier alpha value is -1.59. The number of piperidine rings is 1. The standard InChI is InChI=1S/C18H28N2O3/c1-14-3-5-17(6-4-14)23-13-16(21)12-20-9-7-15(8-10-20)11-18(22)19-2/h3-6,15-16,21H,7-13H2,1-2H3,(H,19,22). The third-order valence-electron chi connectivity index (χ3n) is 4.39. The van der Waals surface area contributed by atoms with Crippen molar-refractivity contribution in [3.8, 4) is 5.75 Å². The number of β-amino-alcohol motifs (C(OH)–C–C–N with tert-alkyl or cyclic N) is 1. The molecule has 2 N–H and O–H groups in total. The van der Waals surface area contributed by atoms with Crippen LogP contribution in [0.5, 0.6) is 5.75 Å². The highest BCUT2D eigenvalue weighted by molar-refractivity contribution is 5.75. The number of amides is 1. The van der Waals surface area contributed by atoms with Crippen molar-refractivity contribution in [3.05, 3.63) is 29.8 Å². The Balaban J connectivity index is 1.65.